The third kappa shape index (κ3) is 3.29. The van der Waals surface area contributed by atoms with Gasteiger partial charge in [0.25, 0.3) is 0 Å². The summed E-state index contributed by atoms with van der Waals surface area (Å²) >= 11 is 0.816. The van der Waals surface area contributed by atoms with Gasteiger partial charge in [0, 0.05) is 6.54 Å². The molecule has 1 atom stereocenters. The molecule has 0 saturated carbocycles. The van der Waals surface area contributed by atoms with Crippen molar-refractivity contribution in [1.29, 1.82) is 0 Å². The van der Waals surface area contributed by atoms with Crippen LogP contribution >= 0.6 is 11.3 Å². The molecule has 0 aliphatic heterocycles. The third-order valence-electron chi connectivity index (χ3n) is 4.08. The summed E-state index contributed by atoms with van der Waals surface area (Å²) in [5.74, 6) is 0.104. The maximum absolute atomic E-state index is 12.4. The molecule has 1 aliphatic carbocycles. The average Bonchev–Trinajstić information content (AvgIpc) is 3.04. The van der Waals surface area contributed by atoms with Gasteiger partial charge in [-0.1, -0.05) is 35.6 Å². The number of rotatable bonds is 5. The summed E-state index contributed by atoms with van der Waals surface area (Å²) in [6.07, 6.45) is 2.93. The summed E-state index contributed by atoms with van der Waals surface area (Å²) in [7, 11) is -3.88. The lowest BCUT2D eigenvalue weighted by molar-refractivity contribution is -0.383. The number of nitrogens with one attached hydrogen (secondary N) is 1. The number of nitrogens with zero attached hydrogens (tertiary/aromatic N) is 1. The van der Waals surface area contributed by atoms with Crippen molar-refractivity contribution in [2.45, 2.75) is 30.1 Å². The molecule has 1 heterocycles. The number of nitro groups is 1. The minimum absolute atomic E-state index is 0.104. The van der Waals surface area contributed by atoms with E-state index in [0.717, 1.165) is 30.6 Å². The van der Waals surface area contributed by atoms with E-state index in [4.69, 9.17) is 0 Å². The monoisotopic (exact) mass is 352 g/mol. The van der Waals surface area contributed by atoms with Crippen LogP contribution in [0.5, 0.6) is 0 Å². The van der Waals surface area contributed by atoms with Crippen LogP contribution in [0, 0.1) is 10.1 Å². The van der Waals surface area contributed by atoms with Gasteiger partial charge in [-0.3, -0.25) is 10.1 Å². The summed E-state index contributed by atoms with van der Waals surface area (Å²) < 4.78 is 27.3. The molecule has 1 N–H and O–H groups in total. The van der Waals surface area contributed by atoms with Crippen LogP contribution in [0.3, 0.4) is 0 Å². The summed E-state index contributed by atoms with van der Waals surface area (Å²) in [5, 5.41) is 12.0. The predicted molar refractivity (Wildman–Crippen MR) is 88.3 cm³/mol. The summed E-state index contributed by atoms with van der Waals surface area (Å²) in [5.41, 5.74) is 2.42. The molecule has 3 rings (SSSR count). The summed E-state index contributed by atoms with van der Waals surface area (Å²) in [6, 6.07) is 9.32. The Hall–Kier alpha value is -1.77. The maximum Gasteiger partial charge on any atom is 0.344 e. The molecule has 2 aromatic rings. The highest BCUT2D eigenvalue weighted by molar-refractivity contribution is 7.89. The number of benzene rings is 1. The Balaban J connectivity index is 1.78. The molecule has 1 aliphatic rings. The lowest BCUT2D eigenvalue weighted by Gasteiger charge is -2.25. The Labute approximate surface area is 138 Å². The molecule has 1 aromatic carbocycles. The van der Waals surface area contributed by atoms with Gasteiger partial charge >= 0.3 is 5.00 Å². The van der Waals surface area contributed by atoms with Crippen molar-refractivity contribution in [2.24, 2.45) is 0 Å². The van der Waals surface area contributed by atoms with Crippen LogP contribution in [0.1, 0.15) is 29.9 Å². The first-order valence-corrected chi connectivity index (χ1v) is 9.64. The van der Waals surface area contributed by atoms with E-state index in [1.807, 2.05) is 18.2 Å². The van der Waals surface area contributed by atoms with Crippen molar-refractivity contribution < 1.29 is 13.3 Å². The predicted octanol–water partition coefficient (Wildman–Crippen LogP) is 3.05. The lowest BCUT2D eigenvalue weighted by Crippen LogP contribution is -2.30. The Morgan fingerprint density at radius 3 is 2.87 bits per heavy atom. The van der Waals surface area contributed by atoms with Crippen LogP contribution in [0.2, 0.25) is 0 Å². The van der Waals surface area contributed by atoms with Gasteiger partial charge in [0.15, 0.2) is 4.90 Å². The maximum atomic E-state index is 12.4. The minimum Gasteiger partial charge on any atom is -0.258 e. The molecule has 8 heteroatoms. The number of hydrogen-bond acceptors (Lipinski definition) is 5. The van der Waals surface area contributed by atoms with E-state index in [-0.39, 0.29) is 22.4 Å². The van der Waals surface area contributed by atoms with Crippen LogP contribution < -0.4 is 4.72 Å². The molecule has 6 nitrogen and oxygen atoms in total. The Morgan fingerprint density at radius 2 is 2.09 bits per heavy atom. The molecule has 0 fully saturated rings. The van der Waals surface area contributed by atoms with E-state index in [0.29, 0.717) is 0 Å². The van der Waals surface area contributed by atoms with Gasteiger partial charge in [0.2, 0.25) is 10.0 Å². The number of aryl methyl sites for hydroxylation is 1. The molecule has 0 amide bonds. The fourth-order valence-electron chi connectivity index (χ4n) is 2.98. The Bertz CT molecular complexity index is 830. The normalized spacial score (nSPS) is 17.7. The largest absolute Gasteiger partial charge is 0.344 e. The quantitative estimate of drug-likeness (QED) is 0.661. The number of hydrogen-bond donors (Lipinski definition) is 1. The highest BCUT2D eigenvalue weighted by atomic mass is 32.2. The minimum atomic E-state index is -3.88. The number of thiophene rings is 1. The molecule has 23 heavy (non-hydrogen) atoms. The van der Waals surface area contributed by atoms with E-state index in [2.05, 4.69) is 10.8 Å². The summed E-state index contributed by atoms with van der Waals surface area (Å²) in [6.45, 7) is 0.256. The fraction of sp³-hybridized carbons (Fsp3) is 0.333. The zero-order valence-electron chi connectivity index (χ0n) is 12.3. The Kier molecular flexibility index (Phi) is 4.47. The third-order valence-corrected chi connectivity index (χ3v) is 6.53. The SMILES string of the molecule is O=[N+]([O-])c1sccc1S(=O)(=O)NC[C@@H]1CCCc2ccccc21. The van der Waals surface area contributed by atoms with Crippen LogP contribution in [0.4, 0.5) is 5.00 Å². The van der Waals surface area contributed by atoms with Gasteiger partial charge in [0.1, 0.15) is 0 Å². The zero-order chi connectivity index (χ0) is 16.4. The molecule has 0 saturated heterocycles. The number of fused-ring (bicyclic) bond motifs is 1. The molecular weight excluding hydrogens is 336 g/mol. The van der Waals surface area contributed by atoms with Crippen molar-refractivity contribution in [1.82, 2.24) is 4.72 Å². The van der Waals surface area contributed by atoms with Gasteiger partial charge in [0.05, 0.1) is 4.92 Å². The van der Waals surface area contributed by atoms with E-state index < -0.39 is 14.9 Å². The van der Waals surface area contributed by atoms with Gasteiger partial charge < -0.3 is 0 Å². The van der Waals surface area contributed by atoms with Gasteiger partial charge in [-0.15, -0.1) is 0 Å². The van der Waals surface area contributed by atoms with Crippen LogP contribution in [-0.2, 0) is 16.4 Å². The van der Waals surface area contributed by atoms with Crippen molar-refractivity contribution in [3.63, 3.8) is 0 Å². The van der Waals surface area contributed by atoms with E-state index in [9.17, 15) is 18.5 Å². The average molecular weight is 352 g/mol. The van der Waals surface area contributed by atoms with Crippen LogP contribution in [0.25, 0.3) is 0 Å². The van der Waals surface area contributed by atoms with Crippen molar-refractivity contribution in [2.75, 3.05) is 6.54 Å². The smallest absolute Gasteiger partial charge is 0.258 e. The number of sulfonamides is 1. The first kappa shape index (κ1) is 16.1. The molecule has 122 valence electrons. The summed E-state index contributed by atoms with van der Waals surface area (Å²) in [4.78, 5) is 10.0. The lowest BCUT2D eigenvalue weighted by atomic mass is 9.83. The zero-order valence-corrected chi connectivity index (χ0v) is 13.9. The molecule has 0 spiro atoms. The molecule has 1 aromatic heterocycles. The molecule has 0 radical (unpaired) electrons. The highest BCUT2D eigenvalue weighted by Crippen LogP contribution is 2.32. The second-order valence-electron chi connectivity index (χ2n) is 5.49. The van der Waals surface area contributed by atoms with Crippen LogP contribution in [-0.4, -0.2) is 19.9 Å². The molecular formula is C15H16N2O4S2. The first-order chi connectivity index (χ1) is 11.0. The van der Waals surface area contributed by atoms with Crippen molar-refractivity contribution >= 4 is 26.4 Å². The van der Waals surface area contributed by atoms with E-state index in [1.165, 1.54) is 22.6 Å². The Morgan fingerprint density at radius 1 is 1.30 bits per heavy atom. The second kappa shape index (κ2) is 6.38. The van der Waals surface area contributed by atoms with E-state index in [1.54, 1.807) is 0 Å². The standard InChI is InChI=1S/C15H16N2O4S2/c18-17(19)15-14(8-9-22-15)23(20,21)16-10-12-6-3-5-11-4-1-2-7-13(11)12/h1-2,4,7-9,12,16H,3,5-6,10H2/t12-/m0/s1. The highest BCUT2D eigenvalue weighted by Gasteiger charge is 2.29. The fourth-order valence-corrected chi connectivity index (χ4v) is 5.27. The van der Waals surface area contributed by atoms with Crippen molar-refractivity contribution in [3.05, 3.63) is 57.0 Å². The topological polar surface area (TPSA) is 89.3 Å². The second-order valence-corrected chi connectivity index (χ2v) is 8.12. The molecule has 0 bridgehead atoms. The van der Waals surface area contributed by atoms with Gasteiger partial charge in [-0.2, -0.15) is 0 Å². The first-order valence-electron chi connectivity index (χ1n) is 7.28. The van der Waals surface area contributed by atoms with E-state index >= 15 is 0 Å². The van der Waals surface area contributed by atoms with Gasteiger partial charge in [-0.05, 0) is 47.8 Å². The van der Waals surface area contributed by atoms with Crippen molar-refractivity contribution in [3.8, 4) is 0 Å². The van der Waals surface area contributed by atoms with Gasteiger partial charge in [-0.25, -0.2) is 13.1 Å². The molecule has 0 unspecified atom stereocenters. The van der Waals surface area contributed by atoms with Crippen LogP contribution in [0.15, 0.2) is 40.6 Å².